The molecule has 2 rings (SSSR count). The second-order valence-electron chi connectivity index (χ2n) is 6.41. The van der Waals surface area contributed by atoms with Gasteiger partial charge in [-0.25, -0.2) is 0 Å². The molecule has 0 spiro atoms. The van der Waals surface area contributed by atoms with Crippen LogP contribution in [0.5, 0.6) is 0 Å². The van der Waals surface area contributed by atoms with Gasteiger partial charge in [-0.05, 0) is 30.9 Å². The Morgan fingerprint density at radius 1 is 1.28 bits per heavy atom. The maximum absolute atomic E-state index is 11.6. The molecule has 0 saturated carbocycles. The van der Waals surface area contributed by atoms with Crippen LogP contribution in [0.1, 0.15) is 26.3 Å². The Labute approximate surface area is 150 Å². The van der Waals surface area contributed by atoms with Crippen LogP contribution in [0.3, 0.4) is 0 Å². The third-order valence-corrected chi connectivity index (χ3v) is 3.56. The van der Waals surface area contributed by atoms with E-state index < -0.39 is 0 Å². The predicted molar refractivity (Wildman–Crippen MR) is 102 cm³/mol. The Morgan fingerprint density at radius 3 is 2.48 bits per heavy atom. The maximum atomic E-state index is 11.6. The Morgan fingerprint density at radius 2 is 1.96 bits per heavy atom. The summed E-state index contributed by atoms with van der Waals surface area (Å²) in [5.41, 5.74) is 3.02. The summed E-state index contributed by atoms with van der Waals surface area (Å²) in [6, 6.07) is 10.4. The first kappa shape index (κ1) is 20.5. The van der Waals surface area contributed by atoms with E-state index in [0.717, 1.165) is 24.9 Å². The average Bonchev–Trinajstić information content (AvgIpc) is 2.60. The molecule has 1 atom stereocenters. The summed E-state index contributed by atoms with van der Waals surface area (Å²) in [6.07, 6.45) is 5.63. The molecule has 1 unspecified atom stereocenters. The summed E-state index contributed by atoms with van der Waals surface area (Å²) < 4.78 is 0. The summed E-state index contributed by atoms with van der Waals surface area (Å²) in [4.78, 5) is 21.2. The van der Waals surface area contributed by atoms with Crippen molar-refractivity contribution in [2.45, 2.75) is 33.2 Å². The lowest BCUT2D eigenvalue weighted by molar-refractivity contribution is -0.117. The van der Waals surface area contributed by atoms with Crippen molar-refractivity contribution >= 4 is 12.3 Å². The lowest BCUT2D eigenvalue weighted by Crippen LogP contribution is -2.38. The van der Waals surface area contributed by atoms with Crippen LogP contribution in [0.2, 0.25) is 0 Å². The highest BCUT2D eigenvalue weighted by molar-refractivity contribution is 5.93. The van der Waals surface area contributed by atoms with Gasteiger partial charge in [0.15, 0.2) is 0 Å². The molecule has 1 aromatic carbocycles. The van der Waals surface area contributed by atoms with Crippen LogP contribution < -0.4 is 16.0 Å². The molecule has 1 heterocycles. The molecular formula is C20H29N3O2. The lowest BCUT2D eigenvalue weighted by Gasteiger charge is -2.22. The van der Waals surface area contributed by atoms with E-state index in [2.05, 4.69) is 48.0 Å². The van der Waals surface area contributed by atoms with Crippen LogP contribution in [0.15, 0.2) is 53.8 Å². The SMILES string of the molecule is CC(C)CNC=O.CNC(=O)C1=CC(C)=CC(Cc2ccccc2)N1. The minimum atomic E-state index is -0.0690. The van der Waals surface area contributed by atoms with Gasteiger partial charge in [-0.2, -0.15) is 0 Å². The third kappa shape index (κ3) is 8.20. The molecule has 0 bridgehead atoms. The number of carbonyl (C=O) groups is 2. The molecular weight excluding hydrogens is 314 g/mol. The Hall–Kier alpha value is -2.56. The van der Waals surface area contributed by atoms with Gasteiger partial charge in [-0.3, -0.25) is 9.59 Å². The number of rotatable bonds is 6. The van der Waals surface area contributed by atoms with E-state index in [4.69, 9.17) is 0 Å². The van der Waals surface area contributed by atoms with Crippen molar-refractivity contribution in [2.24, 2.45) is 5.92 Å². The normalized spacial score (nSPS) is 15.8. The van der Waals surface area contributed by atoms with Crippen LogP contribution in [-0.4, -0.2) is 32.0 Å². The quantitative estimate of drug-likeness (QED) is 0.693. The fraction of sp³-hybridized carbons (Fsp3) is 0.400. The highest BCUT2D eigenvalue weighted by Crippen LogP contribution is 2.13. The van der Waals surface area contributed by atoms with Crippen LogP contribution in [0.4, 0.5) is 0 Å². The number of benzene rings is 1. The zero-order valence-electron chi connectivity index (χ0n) is 15.5. The van der Waals surface area contributed by atoms with Gasteiger partial charge in [0.2, 0.25) is 6.41 Å². The number of likely N-dealkylation sites (N-methyl/N-ethyl adjacent to an activating group) is 1. The molecule has 5 nitrogen and oxygen atoms in total. The van der Waals surface area contributed by atoms with Crippen molar-refractivity contribution in [3.8, 4) is 0 Å². The minimum absolute atomic E-state index is 0.0690. The second kappa shape index (κ2) is 11.1. The smallest absolute Gasteiger partial charge is 0.267 e. The van der Waals surface area contributed by atoms with Crippen molar-refractivity contribution in [3.05, 3.63) is 59.3 Å². The number of allylic oxidation sites excluding steroid dienone is 2. The van der Waals surface area contributed by atoms with E-state index in [9.17, 15) is 9.59 Å². The zero-order chi connectivity index (χ0) is 18.7. The van der Waals surface area contributed by atoms with Crippen molar-refractivity contribution in [1.29, 1.82) is 0 Å². The van der Waals surface area contributed by atoms with E-state index >= 15 is 0 Å². The van der Waals surface area contributed by atoms with Crippen LogP contribution in [0.25, 0.3) is 0 Å². The highest BCUT2D eigenvalue weighted by atomic mass is 16.2. The van der Waals surface area contributed by atoms with Gasteiger partial charge in [0.25, 0.3) is 5.91 Å². The molecule has 1 aromatic rings. The van der Waals surface area contributed by atoms with Crippen molar-refractivity contribution in [2.75, 3.05) is 13.6 Å². The van der Waals surface area contributed by atoms with Crippen LogP contribution >= 0.6 is 0 Å². The van der Waals surface area contributed by atoms with E-state index in [1.54, 1.807) is 7.05 Å². The molecule has 0 fully saturated rings. The van der Waals surface area contributed by atoms with Crippen molar-refractivity contribution < 1.29 is 9.59 Å². The fourth-order valence-corrected chi connectivity index (χ4v) is 2.40. The minimum Gasteiger partial charge on any atom is -0.374 e. The maximum Gasteiger partial charge on any atom is 0.267 e. The van der Waals surface area contributed by atoms with Gasteiger partial charge < -0.3 is 16.0 Å². The Balaban J connectivity index is 0.000000381. The summed E-state index contributed by atoms with van der Waals surface area (Å²) in [5.74, 6) is 0.491. The summed E-state index contributed by atoms with van der Waals surface area (Å²) >= 11 is 0. The molecule has 1 aliphatic heterocycles. The first-order valence-electron chi connectivity index (χ1n) is 8.56. The fourth-order valence-electron chi connectivity index (χ4n) is 2.40. The topological polar surface area (TPSA) is 70.2 Å². The van der Waals surface area contributed by atoms with Crippen LogP contribution in [0, 0.1) is 5.92 Å². The molecule has 1 aliphatic rings. The van der Waals surface area contributed by atoms with Crippen molar-refractivity contribution in [1.82, 2.24) is 16.0 Å². The Bertz CT molecular complexity index is 607. The van der Waals surface area contributed by atoms with Gasteiger partial charge in [-0.15, -0.1) is 0 Å². The van der Waals surface area contributed by atoms with Crippen LogP contribution in [-0.2, 0) is 16.0 Å². The lowest BCUT2D eigenvalue weighted by atomic mass is 10.00. The summed E-state index contributed by atoms with van der Waals surface area (Å²) in [5, 5.41) is 8.47. The summed E-state index contributed by atoms with van der Waals surface area (Å²) in [7, 11) is 1.64. The third-order valence-electron chi connectivity index (χ3n) is 3.56. The summed E-state index contributed by atoms with van der Waals surface area (Å²) in [6.45, 7) is 6.90. The molecule has 25 heavy (non-hydrogen) atoms. The molecule has 0 radical (unpaired) electrons. The zero-order valence-corrected chi connectivity index (χ0v) is 15.5. The molecule has 136 valence electrons. The van der Waals surface area contributed by atoms with E-state index in [1.807, 2.05) is 31.2 Å². The number of carbonyl (C=O) groups excluding carboxylic acids is 2. The van der Waals surface area contributed by atoms with Gasteiger partial charge in [0, 0.05) is 19.6 Å². The standard InChI is InChI=1S/C15H18N2O.C5H11NO/c1-11-8-13(10-12-6-4-3-5-7-12)17-14(9-11)15(18)16-2;1-5(2)3-6-4-7/h3-9,13,17H,10H2,1-2H3,(H,16,18);4-5H,3H2,1-2H3,(H,6,7). The molecule has 5 heteroatoms. The van der Waals surface area contributed by atoms with E-state index in [1.165, 1.54) is 5.56 Å². The molecule has 0 aromatic heterocycles. The molecule has 2 amide bonds. The number of hydrogen-bond donors (Lipinski definition) is 3. The Kier molecular flexibility index (Phi) is 9.07. The predicted octanol–water partition coefficient (Wildman–Crippen LogP) is 2.17. The largest absolute Gasteiger partial charge is 0.374 e. The average molecular weight is 343 g/mol. The highest BCUT2D eigenvalue weighted by Gasteiger charge is 2.17. The van der Waals surface area contributed by atoms with Gasteiger partial charge in [0.1, 0.15) is 5.70 Å². The first-order valence-corrected chi connectivity index (χ1v) is 8.56. The number of amides is 2. The van der Waals surface area contributed by atoms with Gasteiger partial charge in [-0.1, -0.05) is 55.8 Å². The van der Waals surface area contributed by atoms with Gasteiger partial charge >= 0.3 is 0 Å². The van der Waals surface area contributed by atoms with Crippen molar-refractivity contribution in [3.63, 3.8) is 0 Å². The van der Waals surface area contributed by atoms with E-state index in [-0.39, 0.29) is 11.9 Å². The molecule has 0 aliphatic carbocycles. The number of dihydropyridines is 1. The number of nitrogens with one attached hydrogen (secondary N) is 3. The second-order valence-corrected chi connectivity index (χ2v) is 6.41. The van der Waals surface area contributed by atoms with E-state index in [0.29, 0.717) is 11.6 Å². The monoisotopic (exact) mass is 343 g/mol. The van der Waals surface area contributed by atoms with Gasteiger partial charge in [0.05, 0.1) is 0 Å². The molecule has 3 N–H and O–H groups in total. The number of hydrogen-bond acceptors (Lipinski definition) is 3. The molecule has 0 saturated heterocycles. The first-order chi connectivity index (χ1) is 12.0.